The highest BCUT2D eigenvalue weighted by molar-refractivity contribution is 7.80. The second kappa shape index (κ2) is 9.44. The fraction of sp³-hybridized carbons (Fsp3) is 0.154. The third kappa shape index (κ3) is 4.15. The number of pyridine rings is 2. The van der Waals surface area contributed by atoms with Gasteiger partial charge < -0.3 is 19.5 Å². The number of esters is 1. The molecule has 1 aliphatic rings. The second-order valence-corrected chi connectivity index (χ2v) is 8.34. The Kier molecular flexibility index (Phi) is 6.05. The first kappa shape index (κ1) is 21.8. The molecule has 7 nitrogen and oxygen atoms in total. The number of rotatable bonds is 6. The Labute approximate surface area is 203 Å². The first-order chi connectivity index (χ1) is 16.7. The Hall–Kier alpha value is -4.04. The standard InChI is InChI=1S/C26H23N5O2S/c1-33-25(32)19-7-9-20(10-8-19)30-16-4-6-22(30)24-23(21-5-2-3-13-28-21)29-26(34)31(24)17-18-11-14-27-15-12-18/h2-16,23-24H,17H2,1H3,(H,29,34)/t23-,24-/m0/s1. The molecule has 3 aromatic heterocycles. The van der Waals surface area contributed by atoms with Gasteiger partial charge in [0.25, 0.3) is 0 Å². The molecule has 2 atom stereocenters. The van der Waals surface area contributed by atoms with Crippen molar-refractivity contribution in [2.45, 2.75) is 18.6 Å². The third-order valence-electron chi connectivity index (χ3n) is 5.95. The largest absolute Gasteiger partial charge is 0.465 e. The van der Waals surface area contributed by atoms with Gasteiger partial charge in [-0.1, -0.05) is 6.07 Å². The maximum absolute atomic E-state index is 11.9. The molecule has 0 radical (unpaired) electrons. The number of carbonyl (C=O) groups excluding carboxylic acids is 1. The SMILES string of the molecule is COC(=O)c1ccc(-n2cccc2[C@H]2[C@H](c3ccccn3)NC(=S)N2Cc2ccncc2)cc1. The maximum Gasteiger partial charge on any atom is 0.337 e. The fourth-order valence-electron chi connectivity index (χ4n) is 4.33. The van der Waals surface area contributed by atoms with Crippen molar-refractivity contribution in [2.24, 2.45) is 0 Å². The van der Waals surface area contributed by atoms with Crippen molar-refractivity contribution in [1.82, 2.24) is 24.8 Å². The van der Waals surface area contributed by atoms with Crippen LogP contribution in [0.25, 0.3) is 5.69 Å². The molecule has 4 aromatic rings. The normalized spacial score (nSPS) is 17.4. The molecule has 0 unspecified atom stereocenters. The summed E-state index contributed by atoms with van der Waals surface area (Å²) < 4.78 is 6.95. The minimum Gasteiger partial charge on any atom is -0.465 e. The zero-order valence-corrected chi connectivity index (χ0v) is 19.4. The highest BCUT2D eigenvalue weighted by atomic mass is 32.1. The lowest BCUT2D eigenvalue weighted by Crippen LogP contribution is -2.30. The van der Waals surface area contributed by atoms with Crippen LogP contribution in [0, 0.1) is 0 Å². The van der Waals surface area contributed by atoms with Crippen LogP contribution in [0.1, 0.15) is 39.4 Å². The Balaban J connectivity index is 1.56. The van der Waals surface area contributed by atoms with Gasteiger partial charge >= 0.3 is 5.97 Å². The summed E-state index contributed by atoms with van der Waals surface area (Å²) in [5.41, 5.74) is 4.54. The van der Waals surface area contributed by atoms with Crippen LogP contribution in [0.5, 0.6) is 0 Å². The third-order valence-corrected chi connectivity index (χ3v) is 6.30. The van der Waals surface area contributed by atoms with Crippen LogP contribution in [-0.4, -0.2) is 37.6 Å². The number of hydrogen-bond acceptors (Lipinski definition) is 5. The van der Waals surface area contributed by atoms with E-state index in [2.05, 4.69) is 30.8 Å². The van der Waals surface area contributed by atoms with Crippen LogP contribution in [0.4, 0.5) is 0 Å². The van der Waals surface area contributed by atoms with Crippen LogP contribution >= 0.6 is 12.2 Å². The van der Waals surface area contributed by atoms with Gasteiger partial charge in [-0.05, 0) is 78.4 Å². The maximum atomic E-state index is 11.9. The number of thiocarbonyl (C=S) groups is 1. The van der Waals surface area contributed by atoms with Crippen molar-refractivity contribution >= 4 is 23.3 Å². The molecule has 1 aromatic carbocycles. The van der Waals surface area contributed by atoms with Gasteiger partial charge in [0, 0.05) is 42.7 Å². The van der Waals surface area contributed by atoms with Crippen molar-refractivity contribution in [2.75, 3.05) is 7.11 Å². The van der Waals surface area contributed by atoms with Crippen molar-refractivity contribution < 1.29 is 9.53 Å². The van der Waals surface area contributed by atoms with Crippen LogP contribution in [0.15, 0.2) is 91.5 Å². The van der Waals surface area contributed by atoms with Crippen molar-refractivity contribution in [3.8, 4) is 5.69 Å². The van der Waals surface area contributed by atoms with E-state index in [4.69, 9.17) is 17.0 Å². The molecular formula is C26H23N5O2S. The number of hydrogen-bond donors (Lipinski definition) is 1. The van der Waals surface area contributed by atoms with Crippen LogP contribution < -0.4 is 5.32 Å². The van der Waals surface area contributed by atoms with Crippen LogP contribution in [-0.2, 0) is 11.3 Å². The zero-order valence-electron chi connectivity index (χ0n) is 18.5. The monoisotopic (exact) mass is 469 g/mol. The number of methoxy groups -OCH3 is 1. The molecule has 5 rings (SSSR count). The van der Waals surface area contributed by atoms with Gasteiger partial charge in [-0.25, -0.2) is 4.79 Å². The predicted octanol–water partition coefficient (Wildman–Crippen LogP) is 4.23. The zero-order chi connectivity index (χ0) is 23.5. The molecule has 170 valence electrons. The smallest absolute Gasteiger partial charge is 0.337 e. The molecule has 0 aliphatic carbocycles. The summed E-state index contributed by atoms with van der Waals surface area (Å²) in [6.07, 6.45) is 7.40. The van der Waals surface area contributed by atoms with E-state index < -0.39 is 0 Å². The molecule has 8 heteroatoms. The number of nitrogens with one attached hydrogen (secondary N) is 1. The van der Waals surface area contributed by atoms with Gasteiger partial charge in [0.15, 0.2) is 5.11 Å². The highest BCUT2D eigenvalue weighted by Gasteiger charge is 2.41. The molecule has 34 heavy (non-hydrogen) atoms. The second-order valence-electron chi connectivity index (χ2n) is 7.95. The predicted molar refractivity (Wildman–Crippen MR) is 132 cm³/mol. The summed E-state index contributed by atoms with van der Waals surface area (Å²) in [5, 5.41) is 4.17. The number of carbonyl (C=O) groups is 1. The molecular weight excluding hydrogens is 446 g/mol. The molecule has 1 N–H and O–H groups in total. The molecule has 0 spiro atoms. The van der Waals surface area contributed by atoms with E-state index in [0.717, 1.165) is 22.6 Å². The topological polar surface area (TPSA) is 72.3 Å². The van der Waals surface area contributed by atoms with Crippen LogP contribution in [0.2, 0.25) is 0 Å². The number of ether oxygens (including phenoxy) is 1. The van der Waals surface area contributed by atoms with Gasteiger partial charge in [0.05, 0.1) is 30.5 Å². The molecule has 0 saturated carbocycles. The summed E-state index contributed by atoms with van der Waals surface area (Å²) in [4.78, 5) is 22.8. The summed E-state index contributed by atoms with van der Waals surface area (Å²) in [5.74, 6) is -0.358. The Morgan fingerprint density at radius 3 is 2.53 bits per heavy atom. The summed E-state index contributed by atoms with van der Waals surface area (Å²) in [6, 6.07) is 21.2. The number of nitrogens with zero attached hydrogens (tertiary/aromatic N) is 4. The van der Waals surface area contributed by atoms with E-state index in [-0.39, 0.29) is 18.1 Å². The van der Waals surface area contributed by atoms with E-state index in [1.807, 2.05) is 54.7 Å². The van der Waals surface area contributed by atoms with Gasteiger partial charge in [-0.3, -0.25) is 9.97 Å². The fourth-order valence-corrected chi connectivity index (χ4v) is 4.63. The van der Waals surface area contributed by atoms with E-state index in [1.165, 1.54) is 7.11 Å². The van der Waals surface area contributed by atoms with Gasteiger partial charge in [-0.15, -0.1) is 0 Å². The Morgan fingerprint density at radius 2 is 1.82 bits per heavy atom. The Morgan fingerprint density at radius 1 is 1.03 bits per heavy atom. The molecule has 1 aliphatic heterocycles. The lowest BCUT2D eigenvalue weighted by atomic mass is 10.0. The van der Waals surface area contributed by atoms with Crippen molar-refractivity contribution in [3.05, 3.63) is 114 Å². The number of benzene rings is 1. The van der Waals surface area contributed by atoms with Crippen LogP contribution in [0.3, 0.4) is 0 Å². The average Bonchev–Trinajstić information content (AvgIpc) is 3.49. The van der Waals surface area contributed by atoms with Crippen molar-refractivity contribution in [1.29, 1.82) is 0 Å². The lowest BCUT2D eigenvalue weighted by molar-refractivity contribution is 0.0600. The summed E-state index contributed by atoms with van der Waals surface area (Å²) in [6.45, 7) is 0.634. The van der Waals surface area contributed by atoms with E-state index in [9.17, 15) is 4.79 Å². The quantitative estimate of drug-likeness (QED) is 0.335. The van der Waals surface area contributed by atoms with E-state index in [1.54, 1.807) is 30.7 Å². The molecule has 0 amide bonds. The van der Waals surface area contributed by atoms with Gasteiger partial charge in [0.1, 0.15) is 0 Å². The van der Waals surface area contributed by atoms with Gasteiger partial charge in [-0.2, -0.15) is 0 Å². The van der Waals surface area contributed by atoms with Crippen molar-refractivity contribution in [3.63, 3.8) is 0 Å². The minimum absolute atomic E-state index is 0.106. The number of aromatic nitrogens is 3. The summed E-state index contributed by atoms with van der Waals surface area (Å²) >= 11 is 5.80. The molecule has 1 saturated heterocycles. The highest BCUT2D eigenvalue weighted by Crippen LogP contribution is 2.40. The summed E-state index contributed by atoms with van der Waals surface area (Å²) in [7, 11) is 1.38. The van der Waals surface area contributed by atoms with E-state index in [0.29, 0.717) is 17.2 Å². The molecule has 0 bridgehead atoms. The van der Waals surface area contributed by atoms with Gasteiger partial charge in [0.2, 0.25) is 0 Å². The first-order valence-electron chi connectivity index (χ1n) is 10.9. The molecule has 4 heterocycles. The first-order valence-corrected chi connectivity index (χ1v) is 11.3. The molecule has 1 fully saturated rings. The lowest BCUT2D eigenvalue weighted by Gasteiger charge is -2.29. The minimum atomic E-state index is -0.358. The average molecular weight is 470 g/mol. The van der Waals surface area contributed by atoms with E-state index >= 15 is 0 Å². The Bertz CT molecular complexity index is 1290.